The predicted molar refractivity (Wildman–Crippen MR) is 128 cm³/mol. The van der Waals surface area contributed by atoms with Crippen LogP contribution in [0.25, 0.3) is 0 Å². The van der Waals surface area contributed by atoms with Crippen molar-refractivity contribution in [3.63, 3.8) is 0 Å². The lowest BCUT2D eigenvalue weighted by atomic mass is 10.1. The van der Waals surface area contributed by atoms with Crippen LogP contribution in [-0.2, 0) is 0 Å². The summed E-state index contributed by atoms with van der Waals surface area (Å²) in [5, 5.41) is 1.30. The minimum atomic E-state index is 0.651. The third-order valence-corrected chi connectivity index (χ3v) is 5.79. The van der Waals surface area contributed by atoms with Gasteiger partial charge in [0.05, 0.1) is 11.4 Å². The van der Waals surface area contributed by atoms with Crippen LogP contribution in [0.5, 0.6) is 0 Å². The fourth-order valence-corrected chi connectivity index (χ4v) is 4.04. The molecule has 0 unspecified atom stereocenters. The molecular weight excluding hydrogens is 384 g/mol. The van der Waals surface area contributed by atoms with E-state index in [9.17, 15) is 0 Å². The Hall–Kier alpha value is -1.92. The summed E-state index contributed by atoms with van der Waals surface area (Å²) in [6.07, 6.45) is 7.40. The first-order valence-corrected chi connectivity index (χ1v) is 11.7. The van der Waals surface area contributed by atoms with Crippen LogP contribution < -0.4 is 11.5 Å². The summed E-state index contributed by atoms with van der Waals surface area (Å²) in [4.78, 5) is 8.80. The zero-order chi connectivity index (χ0) is 19.9. The maximum Gasteiger partial charge on any atom is 0.159 e. The quantitative estimate of drug-likeness (QED) is 0.265. The van der Waals surface area contributed by atoms with Crippen LogP contribution in [-0.4, -0.2) is 21.8 Å². The van der Waals surface area contributed by atoms with Crippen molar-refractivity contribution >= 4 is 45.2 Å². The number of hydrogen-bond donors (Lipinski definition) is 2. The largest absolute Gasteiger partial charge is 0.378 e. The fraction of sp³-hybridized carbons (Fsp3) is 0.364. The van der Waals surface area contributed by atoms with E-state index in [0.29, 0.717) is 10.3 Å². The third kappa shape index (κ3) is 10.4. The van der Waals surface area contributed by atoms with Gasteiger partial charge in [-0.15, -0.1) is 0 Å². The van der Waals surface area contributed by atoms with Gasteiger partial charge in [0.25, 0.3) is 0 Å². The Bertz CT molecular complexity index is 654. The van der Waals surface area contributed by atoms with Gasteiger partial charge in [-0.05, 0) is 37.1 Å². The maximum absolute atomic E-state index is 5.97. The van der Waals surface area contributed by atoms with Gasteiger partial charge in [-0.1, -0.05) is 85.6 Å². The highest BCUT2D eigenvalue weighted by atomic mass is 32.2. The molecule has 0 aliphatic rings. The van der Waals surface area contributed by atoms with E-state index in [1.807, 2.05) is 60.7 Å². The minimum absolute atomic E-state index is 0.651. The van der Waals surface area contributed by atoms with E-state index in [2.05, 4.69) is 9.98 Å². The molecule has 0 saturated heterocycles. The molecule has 6 heteroatoms. The molecule has 0 aliphatic heterocycles. The van der Waals surface area contributed by atoms with Gasteiger partial charge < -0.3 is 11.5 Å². The number of aliphatic imine (C=N–C) groups is 2. The molecule has 4 N–H and O–H groups in total. The Balaban J connectivity index is 1.43. The Labute approximate surface area is 177 Å². The molecule has 2 aromatic carbocycles. The molecule has 0 saturated carbocycles. The number of hydrogen-bond acceptors (Lipinski definition) is 4. The predicted octanol–water partition coefficient (Wildman–Crippen LogP) is 6.09. The van der Waals surface area contributed by atoms with Crippen LogP contribution in [0.1, 0.15) is 38.5 Å². The molecule has 150 valence electrons. The topological polar surface area (TPSA) is 76.8 Å². The first kappa shape index (κ1) is 22.4. The van der Waals surface area contributed by atoms with E-state index in [4.69, 9.17) is 11.5 Å². The summed E-state index contributed by atoms with van der Waals surface area (Å²) in [6, 6.07) is 19.7. The van der Waals surface area contributed by atoms with Crippen LogP contribution in [0.3, 0.4) is 0 Å². The fourth-order valence-electron chi connectivity index (χ4n) is 2.59. The highest BCUT2D eigenvalue weighted by Gasteiger charge is 1.98. The highest BCUT2D eigenvalue weighted by Crippen LogP contribution is 2.16. The van der Waals surface area contributed by atoms with E-state index < -0.39 is 0 Å². The highest BCUT2D eigenvalue weighted by molar-refractivity contribution is 8.14. The van der Waals surface area contributed by atoms with E-state index in [0.717, 1.165) is 22.9 Å². The van der Waals surface area contributed by atoms with Crippen LogP contribution in [0.2, 0.25) is 0 Å². The first-order chi connectivity index (χ1) is 13.7. The number of para-hydroxylation sites is 2. The average Bonchev–Trinajstić information content (AvgIpc) is 2.71. The van der Waals surface area contributed by atoms with Gasteiger partial charge in [-0.25, -0.2) is 9.98 Å². The summed E-state index contributed by atoms with van der Waals surface area (Å²) in [5.41, 5.74) is 13.8. The number of thioether (sulfide) groups is 2. The molecule has 4 nitrogen and oxygen atoms in total. The van der Waals surface area contributed by atoms with Crippen LogP contribution in [0, 0.1) is 0 Å². The molecule has 0 aliphatic carbocycles. The van der Waals surface area contributed by atoms with Gasteiger partial charge in [-0.3, -0.25) is 0 Å². The third-order valence-electron chi connectivity index (χ3n) is 4.03. The maximum atomic E-state index is 5.97. The molecular formula is C22H30N4S2. The lowest BCUT2D eigenvalue weighted by Gasteiger charge is -2.03. The van der Waals surface area contributed by atoms with Crippen molar-refractivity contribution in [2.75, 3.05) is 11.5 Å². The molecule has 0 fully saturated rings. The van der Waals surface area contributed by atoms with Gasteiger partial charge in [0.1, 0.15) is 0 Å². The van der Waals surface area contributed by atoms with Gasteiger partial charge in [0.15, 0.2) is 10.3 Å². The van der Waals surface area contributed by atoms with E-state index in [1.165, 1.54) is 38.5 Å². The number of nitrogens with zero attached hydrogens (tertiary/aromatic N) is 2. The molecule has 2 rings (SSSR count). The number of unbranched alkanes of at least 4 members (excludes halogenated alkanes) is 5. The Morgan fingerprint density at radius 2 is 0.929 bits per heavy atom. The van der Waals surface area contributed by atoms with E-state index in [1.54, 1.807) is 23.5 Å². The molecule has 0 radical (unpaired) electrons. The smallest absolute Gasteiger partial charge is 0.159 e. The molecule has 0 aromatic heterocycles. The summed E-state index contributed by atoms with van der Waals surface area (Å²) in [6.45, 7) is 0. The van der Waals surface area contributed by atoms with Gasteiger partial charge >= 0.3 is 0 Å². The van der Waals surface area contributed by atoms with Crippen LogP contribution >= 0.6 is 23.5 Å². The van der Waals surface area contributed by atoms with Crippen molar-refractivity contribution < 1.29 is 0 Å². The second-order valence-electron chi connectivity index (χ2n) is 6.39. The van der Waals surface area contributed by atoms with Gasteiger partial charge in [0.2, 0.25) is 0 Å². The molecule has 0 bridgehead atoms. The molecule has 0 amide bonds. The van der Waals surface area contributed by atoms with Gasteiger partial charge in [-0.2, -0.15) is 0 Å². The zero-order valence-corrected chi connectivity index (χ0v) is 17.9. The van der Waals surface area contributed by atoms with Crippen LogP contribution in [0.15, 0.2) is 70.6 Å². The number of benzene rings is 2. The van der Waals surface area contributed by atoms with Gasteiger partial charge in [0, 0.05) is 11.5 Å². The zero-order valence-electron chi connectivity index (χ0n) is 16.3. The number of nitrogens with two attached hydrogens (primary N) is 2. The molecule has 28 heavy (non-hydrogen) atoms. The molecule has 0 atom stereocenters. The van der Waals surface area contributed by atoms with E-state index >= 15 is 0 Å². The second kappa shape index (κ2) is 14.1. The summed E-state index contributed by atoms with van der Waals surface area (Å²) in [7, 11) is 0. The van der Waals surface area contributed by atoms with Crippen molar-refractivity contribution in [1.29, 1.82) is 0 Å². The Kier molecular flexibility index (Phi) is 11.3. The van der Waals surface area contributed by atoms with Crippen LogP contribution in [0.4, 0.5) is 11.4 Å². The standard InChI is InChI=1S/C22H30N4S2/c23-21(25-19-13-7-5-8-14-19)27-17-11-3-1-2-4-12-18-28-22(24)26-20-15-9-6-10-16-20/h5-10,13-16H,1-4,11-12,17-18H2,(H2,23,25)(H2,24,26). The monoisotopic (exact) mass is 414 g/mol. The van der Waals surface area contributed by atoms with Crippen molar-refractivity contribution in [2.24, 2.45) is 21.5 Å². The Morgan fingerprint density at radius 1 is 0.571 bits per heavy atom. The summed E-state index contributed by atoms with van der Waals surface area (Å²) < 4.78 is 0. The molecule has 2 aromatic rings. The summed E-state index contributed by atoms with van der Waals surface area (Å²) >= 11 is 3.29. The lowest BCUT2D eigenvalue weighted by molar-refractivity contribution is 0.629. The van der Waals surface area contributed by atoms with Crippen molar-refractivity contribution in [3.05, 3.63) is 60.7 Å². The first-order valence-electron chi connectivity index (χ1n) is 9.78. The SMILES string of the molecule is NC(=Nc1ccccc1)SCCCCCCCCSC(N)=Nc1ccccc1. The number of amidine groups is 2. The van der Waals surface area contributed by atoms with E-state index in [-0.39, 0.29) is 0 Å². The normalized spacial score (nSPS) is 12.3. The van der Waals surface area contributed by atoms with Crippen molar-refractivity contribution in [3.8, 4) is 0 Å². The average molecular weight is 415 g/mol. The minimum Gasteiger partial charge on any atom is -0.378 e. The second-order valence-corrected chi connectivity index (χ2v) is 8.62. The molecule has 0 heterocycles. The lowest BCUT2D eigenvalue weighted by Crippen LogP contribution is -2.06. The Morgan fingerprint density at radius 3 is 1.32 bits per heavy atom. The molecule has 0 spiro atoms. The van der Waals surface area contributed by atoms with Crippen molar-refractivity contribution in [1.82, 2.24) is 0 Å². The van der Waals surface area contributed by atoms with Crippen molar-refractivity contribution in [2.45, 2.75) is 38.5 Å². The number of rotatable bonds is 11. The summed E-state index contributed by atoms with van der Waals surface area (Å²) in [5.74, 6) is 2.06.